The zero-order chi connectivity index (χ0) is 14.7. The van der Waals surface area contributed by atoms with Crippen molar-refractivity contribution in [2.75, 3.05) is 24.6 Å². The van der Waals surface area contributed by atoms with E-state index in [-0.39, 0.29) is 36.2 Å². The van der Waals surface area contributed by atoms with Crippen LogP contribution >= 0.6 is 24.2 Å². The van der Waals surface area contributed by atoms with Gasteiger partial charge in [0.2, 0.25) is 5.91 Å². The first kappa shape index (κ1) is 17.6. The first-order chi connectivity index (χ1) is 10.2. The van der Waals surface area contributed by atoms with Crippen LogP contribution in [-0.2, 0) is 4.79 Å². The number of benzene rings is 1. The predicted octanol–water partition coefficient (Wildman–Crippen LogP) is 3.01. The van der Waals surface area contributed by atoms with Crippen molar-refractivity contribution in [3.63, 3.8) is 0 Å². The summed E-state index contributed by atoms with van der Waals surface area (Å²) in [5.41, 5.74) is 0.923. The molecular weight excluding hydrogens is 323 g/mol. The number of nitrogens with one attached hydrogen (secondary N) is 1. The van der Waals surface area contributed by atoms with E-state index in [0.29, 0.717) is 6.42 Å². The van der Waals surface area contributed by atoms with Crippen molar-refractivity contribution < 1.29 is 9.18 Å². The van der Waals surface area contributed by atoms with Crippen molar-refractivity contribution in [2.45, 2.75) is 31.3 Å². The van der Waals surface area contributed by atoms with Crippen molar-refractivity contribution in [3.05, 3.63) is 35.6 Å². The molecule has 1 N–H and O–H groups in total. The van der Waals surface area contributed by atoms with E-state index in [2.05, 4.69) is 5.32 Å². The van der Waals surface area contributed by atoms with E-state index in [4.69, 9.17) is 0 Å². The molecule has 2 atom stereocenters. The van der Waals surface area contributed by atoms with Gasteiger partial charge >= 0.3 is 0 Å². The highest BCUT2D eigenvalue weighted by Crippen LogP contribution is 2.33. The second-order valence-electron chi connectivity index (χ2n) is 5.73. The normalized spacial score (nSPS) is 24.9. The number of halogens is 2. The summed E-state index contributed by atoms with van der Waals surface area (Å²) in [5, 5.41) is 3.41. The van der Waals surface area contributed by atoms with Gasteiger partial charge in [-0.2, -0.15) is 11.8 Å². The molecule has 2 fully saturated rings. The van der Waals surface area contributed by atoms with Gasteiger partial charge in [0, 0.05) is 37.1 Å². The van der Waals surface area contributed by atoms with Crippen LogP contribution in [0.3, 0.4) is 0 Å². The van der Waals surface area contributed by atoms with E-state index in [0.717, 1.165) is 43.0 Å². The fraction of sp³-hybridized carbons (Fsp3) is 0.562. The summed E-state index contributed by atoms with van der Waals surface area (Å²) in [6, 6.07) is 6.99. The highest BCUT2D eigenvalue weighted by molar-refractivity contribution is 7.99. The largest absolute Gasteiger partial charge is 0.336 e. The van der Waals surface area contributed by atoms with Gasteiger partial charge in [0.05, 0.1) is 6.04 Å². The molecule has 2 unspecified atom stereocenters. The zero-order valence-corrected chi connectivity index (χ0v) is 14.1. The van der Waals surface area contributed by atoms with Crippen molar-refractivity contribution in [1.29, 1.82) is 0 Å². The summed E-state index contributed by atoms with van der Waals surface area (Å²) in [6.45, 7) is 1.77. The third kappa shape index (κ3) is 4.15. The van der Waals surface area contributed by atoms with Crippen molar-refractivity contribution in [1.82, 2.24) is 10.2 Å². The Morgan fingerprint density at radius 2 is 2.32 bits per heavy atom. The minimum absolute atomic E-state index is 0. The number of nitrogens with zero attached hydrogens (tertiary/aromatic N) is 1. The van der Waals surface area contributed by atoms with Gasteiger partial charge in [-0.15, -0.1) is 12.4 Å². The van der Waals surface area contributed by atoms with Crippen LogP contribution in [0.2, 0.25) is 0 Å². The van der Waals surface area contributed by atoms with Gasteiger partial charge in [0.15, 0.2) is 0 Å². The fourth-order valence-electron chi connectivity index (χ4n) is 3.20. The van der Waals surface area contributed by atoms with E-state index in [1.54, 1.807) is 12.1 Å². The van der Waals surface area contributed by atoms with Crippen LogP contribution in [0.15, 0.2) is 24.3 Å². The van der Waals surface area contributed by atoms with Gasteiger partial charge in [0.25, 0.3) is 0 Å². The second-order valence-corrected chi connectivity index (χ2v) is 6.88. The Bertz CT molecular complexity index is 511. The molecule has 0 aliphatic carbocycles. The number of hydrogen-bond donors (Lipinski definition) is 1. The lowest BCUT2D eigenvalue weighted by Gasteiger charge is -2.29. The molecule has 22 heavy (non-hydrogen) atoms. The molecule has 122 valence electrons. The fourth-order valence-corrected chi connectivity index (χ4v) is 4.15. The molecule has 2 saturated heterocycles. The smallest absolute Gasteiger partial charge is 0.224 e. The molecule has 1 amide bonds. The van der Waals surface area contributed by atoms with E-state index < -0.39 is 0 Å². The summed E-state index contributed by atoms with van der Waals surface area (Å²) in [6.07, 6.45) is 2.49. The molecule has 3 nitrogen and oxygen atoms in total. The van der Waals surface area contributed by atoms with E-state index >= 15 is 0 Å². The highest BCUT2D eigenvalue weighted by atomic mass is 35.5. The average Bonchev–Trinajstić information content (AvgIpc) is 2.98. The number of likely N-dealkylation sites (tertiary alicyclic amines) is 1. The van der Waals surface area contributed by atoms with Gasteiger partial charge in [-0.3, -0.25) is 4.79 Å². The Balaban J connectivity index is 0.00000176. The maximum atomic E-state index is 13.4. The maximum absolute atomic E-state index is 13.4. The Morgan fingerprint density at radius 1 is 1.45 bits per heavy atom. The lowest BCUT2D eigenvalue weighted by Crippen LogP contribution is -2.42. The second kappa shape index (κ2) is 8.18. The van der Waals surface area contributed by atoms with Crippen LogP contribution in [0.4, 0.5) is 4.39 Å². The topological polar surface area (TPSA) is 32.3 Å². The van der Waals surface area contributed by atoms with Crippen LogP contribution in [-0.4, -0.2) is 41.4 Å². The van der Waals surface area contributed by atoms with Crippen molar-refractivity contribution >= 4 is 30.1 Å². The Kier molecular flexibility index (Phi) is 6.53. The first-order valence-electron chi connectivity index (χ1n) is 7.60. The molecule has 2 aliphatic rings. The molecule has 0 aromatic heterocycles. The molecule has 2 heterocycles. The molecule has 0 radical (unpaired) electrons. The third-order valence-electron chi connectivity index (χ3n) is 4.23. The lowest BCUT2D eigenvalue weighted by molar-refractivity contribution is -0.132. The standard InChI is InChI=1S/C16H21FN2OS.ClH/c17-13-4-1-3-12(9-13)15-5-2-7-19(15)16(20)10-14-11-21-8-6-18-14;/h1,3-4,9,14-15,18H,2,5-8,10-11H2;1H. The Labute approximate surface area is 141 Å². The van der Waals surface area contributed by atoms with Gasteiger partial charge in [-0.05, 0) is 30.5 Å². The van der Waals surface area contributed by atoms with Crippen LogP contribution in [0.25, 0.3) is 0 Å². The Hall–Kier alpha value is -0.780. The predicted molar refractivity (Wildman–Crippen MR) is 91.1 cm³/mol. The molecule has 0 spiro atoms. The number of rotatable bonds is 3. The Morgan fingerprint density at radius 3 is 3.05 bits per heavy atom. The number of hydrogen-bond acceptors (Lipinski definition) is 3. The van der Waals surface area contributed by atoms with Gasteiger partial charge in [-0.25, -0.2) is 4.39 Å². The van der Waals surface area contributed by atoms with Gasteiger partial charge < -0.3 is 10.2 Å². The van der Waals surface area contributed by atoms with Gasteiger partial charge in [0.1, 0.15) is 5.82 Å². The lowest BCUT2D eigenvalue weighted by atomic mass is 10.0. The molecule has 6 heteroatoms. The number of amides is 1. The summed E-state index contributed by atoms with van der Waals surface area (Å²) < 4.78 is 13.4. The molecule has 1 aromatic rings. The number of carbonyl (C=O) groups excluding carboxylic acids is 1. The highest BCUT2D eigenvalue weighted by Gasteiger charge is 2.31. The van der Waals surface area contributed by atoms with Crippen molar-refractivity contribution in [3.8, 4) is 0 Å². The molecule has 0 bridgehead atoms. The summed E-state index contributed by atoms with van der Waals surface area (Å²) in [4.78, 5) is 14.5. The van der Waals surface area contributed by atoms with Gasteiger partial charge in [-0.1, -0.05) is 12.1 Å². The van der Waals surface area contributed by atoms with Crippen LogP contribution in [0.5, 0.6) is 0 Å². The zero-order valence-electron chi connectivity index (χ0n) is 12.5. The number of thioether (sulfide) groups is 1. The number of carbonyl (C=O) groups is 1. The van der Waals surface area contributed by atoms with Crippen LogP contribution in [0.1, 0.15) is 30.9 Å². The first-order valence-corrected chi connectivity index (χ1v) is 8.75. The van der Waals surface area contributed by atoms with Crippen molar-refractivity contribution in [2.24, 2.45) is 0 Å². The quantitative estimate of drug-likeness (QED) is 0.914. The molecular formula is C16H22ClFN2OS. The van der Waals surface area contributed by atoms with E-state index in [1.807, 2.05) is 22.7 Å². The minimum Gasteiger partial charge on any atom is -0.336 e. The van der Waals surface area contributed by atoms with Crippen LogP contribution in [0, 0.1) is 5.82 Å². The SMILES string of the molecule is Cl.O=C(CC1CSCCN1)N1CCCC1c1cccc(F)c1. The molecule has 1 aromatic carbocycles. The van der Waals surface area contributed by atoms with E-state index in [1.165, 1.54) is 6.07 Å². The minimum atomic E-state index is -0.225. The summed E-state index contributed by atoms with van der Waals surface area (Å²) in [7, 11) is 0. The molecule has 2 aliphatic heterocycles. The van der Waals surface area contributed by atoms with E-state index in [9.17, 15) is 9.18 Å². The molecule has 0 saturated carbocycles. The summed E-state index contributed by atoms with van der Waals surface area (Å²) in [5.74, 6) is 2.10. The molecule has 3 rings (SSSR count). The monoisotopic (exact) mass is 344 g/mol. The summed E-state index contributed by atoms with van der Waals surface area (Å²) >= 11 is 1.90. The maximum Gasteiger partial charge on any atom is 0.224 e. The third-order valence-corrected chi connectivity index (χ3v) is 5.36. The van der Waals surface area contributed by atoms with Crippen LogP contribution < -0.4 is 5.32 Å². The average molecular weight is 345 g/mol.